The zero-order chi connectivity index (χ0) is 25.9. The number of hydrogen-bond acceptors (Lipinski definition) is 8. The SMILES string of the molecule is COc1cnc(Cl)cc1-c1cc(C)ncc1C(=O)Nc1nnc(COc2cccc(C(F)(F)F)c2)s1. The number of carbonyl (C=O) groups is 1. The van der Waals surface area contributed by atoms with Crippen LogP contribution in [0.4, 0.5) is 18.3 Å². The standard InChI is InChI=1S/C23H17ClF3N5O3S/c1-12-6-15(16-8-19(24)29-10-18(16)34-2)17(9-28-12)21(33)30-22-32-31-20(36-22)11-35-14-5-3-4-13(7-14)23(25,26)27/h3-10H,11H2,1-2H3,(H,30,32,33). The number of benzene rings is 1. The molecule has 1 N–H and O–H groups in total. The Balaban J connectivity index is 1.50. The quantitative estimate of drug-likeness (QED) is 0.298. The van der Waals surface area contributed by atoms with Crippen molar-refractivity contribution in [3.63, 3.8) is 0 Å². The Bertz CT molecular complexity index is 1410. The fourth-order valence-corrected chi connectivity index (χ4v) is 3.99. The van der Waals surface area contributed by atoms with Gasteiger partial charge in [0.05, 0.1) is 24.4 Å². The number of anilines is 1. The molecule has 0 fully saturated rings. The molecule has 1 amide bonds. The number of aryl methyl sites for hydroxylation is 1. The zero-order valence-corrected chi connectivity index (χ0v) is 20.3. The van der Waals surface area contributed by atoms with E-state index in [1.807, 2.05) is 0 Å². The molecule has 13 heteroatoms. The van der Waals surface area contributed by atoms with Crippen molar-refractivity contribution in [2.24, 2.45) is 0 Å². The van der Waals surface area contributed by atoms with Gasteiger partial charge in [0.2, 0.25) is 5.13 Å². The molecule has 0 unspecified atom stereocenters. The maximum atomic E-state index is 13.1. The Morgan fingerprint density at radius 2 is 1.92 bits per heavy atom. The number of aromatic nitrogens is 4. The molecule has 0 saturated carbocycles. The van der Waals surface area contributed by atoms with Crippen LogP contribution in [0.5, 0.6) is 11.5 Å². The van der Waals surface area contributed by atoms with Crippen LogP contribution >= 0.6 is 22.9 Å². The third kappa shape index (κ3) is 5.89. The van der Waals surface area contributed by atoms with Gasteiger partial charge < -0.3 is 9.47 Å². The molecule has 0 saturated heterocycles. The monoisotopic (exact) mass is 535 g/mol. The minimum Gasteiger partial charge on any atom is -0.494 e. The van der Waals surface area contributed by atoms with Crippen molar-refractivity contribution in [1.29, 1.82) is 0 Å². The van der Waals surface area contributed by atoms with Gasteiger partial charge in [0.1, 0.15) is 23.3 Å². The number of pyridine rings is 2. The molecule has 3 aromatic heterocycles. The highest BCUT2D eigenvalue weighted by atomic mass is 35.5. The average Bonchev–Trinajstić information content (AvgIpc) is 3.29. The van der Waals surface area contributed by atoms with E-state index < -0.39 is 17.6 Å². The van der Waals surface area contributed by atoms with Crippen molar-refractivity contribution >= 4 is 34.0 Å². The van der Waals surface area contributed by atoms with Crippen molar-refractivity contribution in [3.8, 4) is 22.6 Å². The van der Waals surface area contributed by atoms with Gasteiger partial charge in [-0.25, -0.2) is 4.98 Å². The summed E-state index contributed by atoms with van der Waals surface area (Å²) in [5.41, 5.74) is 1.17. The summed E-state index contributed by atoms with van der Waals surface area (Å²) in [4.78, 5) is 21.3. The van der Waals surface area contributed by atoms with Gasteiger partial charge in [-0.05, 0) is 37.3 Å². The van der Waals surface area contributed by atoms with Crippen LogP contribution in [0.15, 0.2) is 48.8 Å². The van der Waals surface area contributed by atoms with Gasteiger partial charge in [0, 0.05) is 23.0 Å². The van der Waals surface area contributed by atoms with Gasteiger partial charge >= 0.3 is 6.18 Å². The maximum Gasteiger partial charge on any atom is 0.416 e. The predicted octanol–water partition coefficient (Wildman–Crippen LogP) is 5.82. The topological polar surface area (TPSA) is 99.1 Å². The van der Waals surface area contributed by atoms with Crippen LogP contribution in [-0.4, -0.2) is 33.2 Å². The van der Waals surface area contributed by atoms with E-state index in [1.165, 1.54) is 31.6 Å². The maximum absolute atomic E-state index is 13.1. The van der Waals surface area contributed by atoms with Crippen molar-refractivity contribution in [2.45, 2.75) is 19.7 Å². The molecular weight excluding hydrogens is 519 g/mol. The second-order valence-electron chi connectivity index (χ2n) is 7.35. The number of amides is 1. The number of hydrogen-bond donors (Lipinski definition) is 1. The lowest BCUT2D eigenvalue weighted by atomic mass is 10.0. The molecule has 36 heavy (non-hydrogen) atoms. The highest BCUT2D eigenvalue weighted by molar-refractivity contribution is 7.15. The van der Waals surface area contributed by atoms with Crippen molar-refractivity contribution < 1.29 is 27.4 Å². The summed E-state index contributed by atoms with van der Waals surface area (Å²) in [7, 11) is 1.48. The molecule has 0 bridgehead atoms. The van der Waals surface area contributed by atoms with Crippen LogP contribution < -0.4 is 14.8 Å². The molecule has 0 aliphatic rings. The van der Waals surface area contributed by atoms with Gasteiger partial charge in [-0.1, -0.05) is 29.0 Å². The van der Waals surface area contributed by atoms with E-state index in [4.69, 9.17) is 21.1 Å². The van der Waals surface area contributed by atoms with E-state index in [0.717, 1.165) is 23.5 Å². The molecule has 0 aliphatic heterocycles. The number of ether oxygens (including phenoxy) is 2. The number of alkyl halides is 3. The second kappa shape index (κ2) is 10.5. The van der Waals surface area contributed by atoms with Crippen LogP contribution in [0.3, 0.4) is 0 Å². The molecule has 3 heterocycles. The van der Waals surface area contributed by atoms with Crippen molar-refractivity contribution in [2.75, 3.05) is 12.4 Å². The van der Waals surface area contributed by atoms with E-state index >= 15 is 0 Å². The van der Waals surface area contributed by atoms with Crippen LogP contribution in [0, 0.1) is 6.92 Å². The molecule has 1 aromatic carbocycles. The summed E-state index contributed by atoms with van der Waals surface area (Å²) in [6.45, 7) is 1.65. The first-order chi connectivity index (χ1) is 17.1. The molecular formula is C23H17ClF3N5O3S. The Kier molecular flexibility index (Phi) is 7.36. The van der Waals surface area contributed by atoms with E-state index in [0.29, 0.717) is 27.6 Å². The Labute approximate surface area is 212 Å². The van der Waals surface area contributed by atoms with Gasteiger partial charge in [-0.15, -0.1) is 10.2 Å². The first kappa shape index (κ1) is 25.3. The average molecular weight is 536 g/mol. The van der Waals surface area contributed by atoms with Gasteiger partial charge in [-0.3, -0.25) is 15.1 Å². The number of carbonyl (C=O) groups excluding carboxylic acids is 1. The van der Waals surface area contributed by atoms with Crippen LogP contribution in [0.1, 0.15) is 26.6 Å². The fourth-order valence-electron chi connectivity index (χ4n) is 3.19. The summed E-state index contributed by atoms with van der Waals surface area (Å²) in [5, 5.41) is 11.3. The highest BCUT2D eigenvalue weighted by Gasteiger charge is 2.30. The molecule has 186 valence electrons. The normalized spacial score (nSPS) is 11.3. The third-order valence-electron chi connectivity index (χ3n) is 4.84. The van der Waals surface area contributed by atoms with Crippen molar-refractivity contribution in [3.05, 3.63) is 75.8 Å². The zero-order valence-electron chi connectivity index (χ0n) is 18.8. The van der Waals surface area contributed by atoms with E-state index in [9.17, 15) is 18.0 Å². The van der Waals surface area contributed by atoms with Crippen molar-refractivity contribution in [1.82, 2.24) is 20.2 Å². The van der Waals surface area contributed by atoms with Gasteiger partial charge in [0.15, 0.2) is 5.01 Å². The number of nitrogens with one attached hydrogen (secondary N) is 1. The summed E-state index contributed by atoms with van der Waals surface area (Å²) in [6, 6.07) is 7.81. The Morgan fingerprint density at radius 3 is 2.67 bits per heavy atom. The van der Waals surface area contributed by atoms with E-state index in [1.54, 1.807) is 19.1 Å². The number of halogens is 4. The molecule has 4 rings (SSSR count). The molecule has 0 radical (unpaired) electrons. The fraction of sp³-hybridized carbons (Fsp3) is 0.174. The lowest BCUT2D eigenvalue weighted by Crippen LogP contribution is -2.14. The lowest BCUT2D eigenvalue weighted by molar-refractivity contribution is -0.137. The number of methoxy groups -OCH3 is 1. The smallest absolute Gasteiger partial charge is 0.416 e. The van der Waals surface area contributed by atoms with Crippen LogP contribution in [-0.2, 0) is 12.8 Å². The molecule has 0 atom stereocenters. The minimum atomic E-state index is -4.48. The van der Waals surface area contributed by atoms with E-state index in [2.05, 4.69) is 25.5 Å². The van der Waals surface area contributed by atoms with E-state index in [-0.39, 0.29) is 28.2 Å². The number of nitrogens with zero attached hydrogens (tertiary/aromatic N) is 4. The van der Waals surface area contributed by atoms with Crippen LogP contribution in [0.2, 0.25) is 5.15 Å². The second-order valence-corrected chi connectivity index (χ2v) is 8.80. The Morgan fingerprint density at radius 1 is 1.11 bits per heavy atom. The number of rotatable bonds is 7. The first-order valence-electron chi connectivity index (χ1n) is 10.2. The largest absolute Gasteiger partial charge is 0.494 e. The summed E-state index contributed by atoms with van der Waals surface area (Å²) in [6.07, 6.45) is -1.60. The molecule has 0 spiro atoms. The first-order valence-corrected chi connectivity index (χ1v) is 11.4. The third-order valence-corrected chi connectivity index (χ3v) is 5.86. The Hall–Kier alpha value is -3.77. The molecule has 8 nitrogen and oxygen atoms in total. The summed E-state index contributed by atoms with van der Waals surface area (Å²) >= 11 is 7.09. The minimum absolute atomic E-state index is 0.0333. The lowest BCUT2D eigenvalue weighted by Gasteiger charge is -2.13. The van der Waals surface area contributed by atoms with Gasteiger partial charge in [0.25, 0.3) is 5.91 Å². The predicted molar refractivity (Wildman–Crippen MR) is 127 cm³/mol. The van der Waals surface area contributed by atoms with Crippen LogP contribution in [0.25, 0.3) is 11.1 Å². The highest BCUT2D eigenvalue weighted by Crippen LogP contribution is 2.34. The molecule has 4 aromatic rings. The van der Waals surface area contributed by atoms with Gasteiger partial charge in [-0.2, -0.15) is 13.2 Å². The summed E-state index contributed by atoms with van der Waals surface area (Å²) in [5.74, 6) is -0.0519. The summed E-state index contributed by atoms with van der Waals surface area (Å²) < 4.78 is 49.4. The molecule has 0 aliphatic carbocycles.